The van der Waals surface area contributed by atoms with Gasteiger partial charge < -0.3 is 5.73 Å². The highest BCUT2D eigenvalue weighted by molar-refractivity contribution is 7.97. The fourth-order valence-electron chi connectivity index (χ4n) is 2.45. The summed E-state index contributed by atoms with van der Waals surface area (Å²) < 4.78 is 2.42. The first-order chi connectivity index (χ1) is 9.81. The number of piperidine rings is 1. The number of hydrogen-bond donors (Lipinski definition) is 1. The van der Waals surface area contributed by atoms with Crippen LogP contribution >= 0.6 is 11.9 Å². The fourth-order valence-corrected chi connectivity index (χ4v) is 3.40. The zero-order valence-corrected chi connectivity index (χ0v) is 12.4. The van der Waals surface area contributed by atoms with Crippen molar-refractivity contribution in [3.8, 4) is 11.1 Å². The predicted octanol–water partition coefficient (Wildman–Crippen LogP) is 3.78. The van der Waals surface area contributed by atoms with Crippen molar-refractivity contribution >= 4 is 11.9 Å². The van der Waals surface area contributed by atoms with Crippen molar-refractivity contribution in [1.29, 1.82) is 0 Å². The summed E-state index contributed by atoms with van der Waals surface area (Å²) in [6.45, 7) is 2.18. The number of nitrogens with two attached hydrogens (primary N) is 1. The van der Waals surface area contributed by atoms with E-state index in [2.05, 4.69) is 58.9 Å². The second-order valence-corrected chi connectivity index (χ2v) is 6.42. The van der Waals surface area contributed by atoms with E-state index in [9.17, 15) is 0 Å². The molecule has 0 aromatic heterocycles. The minimum Gasteiger partial charge on any atom is -0.328 e. The first-order valence-corrected chi connectivity index (χ1v) is 7.92. The zero-order chi connectivity index (χ0) is 13.8. The van der Waals surface area contributed by atoms with Crippen LogP contribution in [0.1, 0.15) is 12.8 Å². The predicted molar refractivity (Wildman–Crippen MR) is 86.5 cm³/mol. The Morgan fingerprint density at radius 2 is 1.45 bits per heavy atom. The van der Waals surface area contributed by atoms with Gasteiger partial charge in [-0.2, -0.15) is 0 Å². The molecule has 0 spiro atoms. The van der Waals surface area contributed by atoms with Crippen LogP contribution in [0.5, 0.6) is 0 Å². The van der Waals surface area contributed by atoms with Crippen molar-refractivity contribution in [3.05, 3.63) is 54.6 Å². The first kappa shape index (κ1) is 13.7. The molecule has 1 aliphatic heterocycles. The molecule has 3 rings (SSSR count). The molecule has 2 aromatic carbocycles. The van der Waals surface area contributed by atoms with Crippen LogP contribution in [0.3, 0.4) is 0 Å². The lowest BCUT2D eigenvalue weighted by atomic mass is 10.1. The molecule has 104 valence electrons. The normalized spacial score (nSPS) is 17.2. The van der Waals surface area contributed by atoms with Gasteiger partial charge in [-0.1, -0.05) is 42.5 Å². The molecule has 0 aliphatic carbocycles. The molecule has 0 saturated carbocycles. The Bertz CT molecular complexity index is 531. The maximum Gasteiger partial charge on any atom is 0.0230 e. The van der Waals surface area contributed by atoms with E-state index >= 15 is 0 Å². The molecule has 2 N–H and O–H groups in total. The smallest absolute Gasteiger partial charge is 0.0230 e. The lowest BCUT2D eigenvalue weighted by Crippen LogP contribution is -2.36. The molecule has 1 aliphatic rings. The van der Waals surface area contributed by atoms with Gasteiger partial charge in [0.25, 0.3) is 0 Å². The van der Waals surface area contributed by atoms with Gasteiger partial charge in [0.15, 0.2) is 0 Å². The van der Waals surface area contributed by atoms with Gasteiger partial charge in [-0.25, -0.2) is 4.31 Å². The average Bonchev–Trinajstić information content (AvgIpc) is 2.51. The van der Waals surface area contributed by atoms with Gasteiger partial charge in [-0.05, 0) is 48.0 Å². The topological polar surface area (TPSA) is 29.3 Å². The highest BCUT2D eigenvalue weighted by Crippen LogP contribution is 2.28. The third-order valence-electron chi connectivity index (χ3n) is 3.69. The van der Waals surface area contributed by atoms with E-state index in [-0.39, 0.29) is 0 Å². The van der Waals surface area contributed by atoms with E-state index in [1.165, 1.54) is 16.0 Å². The van der Waals surface area contributed by atoms with Crippen LogP contribution < -0.4 is 5.73 Å². The summed E-state index contributed by atoms with van der Waals surface area (Å²) in [5, 5.41) is 0. The van der Waals surface area contributed by atoms with Crippen molar-refractivity contribution in [2.24, 2.45) is 5.73 Å². The molecule has 2 aromatic rings. The van der Waals surface area contributed by atoms with Gasteiger partial charge in [0.1, 0.15) is 0 Å². The molecule has 20 heavy (non-hydrogen) atoms. The van der Waals surface area contributed by atoms with Gasteiger partial charge in [0.2, 0.25) is 0 Å². The van der Waals surface area contributed by atoms with Gasteiger partial charge in [-0.15, -0.1) is 0 Å². The minimum atomic E-state index is 0.396. The molecule has 1 heterocycles. The molecule has 3 heteroatoms. The molecular formula is C17H20N2S. The maximum atomic E-state index is 5.94. The van der Waals surface area contributed by atoms with Crippen molar-refractivity contribution in [2.45, 2.75) is 23.8 Å². The van der Waals surface area contributed by atoms with Gasteiger partial charge >= 0.3 is 0 Å². The minimum absolute atomic E-state index is 0.396. The van der Waals surface area contributed by atoms with Crippen LogP contribution in [0, 0.1) is 0 Å². The zero-order valence-electron chi connectivity index (χ0n) is 11.5. The largest absolute Gasteiger partial charge is 0.328 e. The van der Waals surface area contributed by atoms with E-state index in [0.717, 1.165) is 25.9 Å². The molecule has 0 amide bonds. The van der Waals surface area contributed by atoms with Crippen molar-refractivity contribution in [2.75, 3.05) is 13.1 Å². The number of rotatable bonds is 3. The molecule has 1 fully saturated rings. The monoisotopic (exact) mass is 284 g/mol. The molecule has 1 saturated heterocycles. The quantitative estimate of drug-likeness (QED) is 0.870. The van der Waals surface area contributed by atoms with Crippen LogP contribution in [0.2, 0.25) is 0 Å². The van der Waals surface area contributed by atoms with Gasteiger partial charge in [-0.3, -0.25) is 0 Å². The van der Waals surface area contributed by atoms with Gasteiger partial charge in [0, 0.05) is 24.0 Å². The van der Waals surface area contributed by atoms with E-state index < -0.39 is 0 Å². The summed E-state index contributed by atoms with van der Waals surface area (Å²) in [5.41, 5.74) is 8.48. The van der Waals surface area contributed by atoms with Crippen LogP contribution in [0.25, 0.3) is 11.1 Å². The van der Waals surface area contributed by atoms with Gasteiger partial charge in [0.05, 0.1) is 0 Å². The molecule has 0 unspecified atom stereocenters. The second-order valence-electron chi connectivity index (χ2n) is 5.25. The summed E-state index contributed by atoms with van der Waals surface area (Å²) in [5.74, 6) is 0. The summed E-state index contributed by atoms with van der Waals surface area (Å²) in [7, 11) is 0. The molecule has 2 nitrogen and oxygen atoms in total. The average molecular weight is 284 g/mol. The van der Waals surface area contributed by atoms with Crippen molar-refractivity contribution in [1.82, 2.24) is 4.31 Å². The molecule has 0 radical (unpaired) electrons. The summed E-state index contributed by atoms with van der Waals surface area (Å²) in [6, 6.07) is 19.7. The molecule has 0 atom stereocenters. The van der Waals surface area contributed by atoms with Crippen molar-refractivity contribution < 1.29 is 0 Å². The number of hydrogen-bond acceptors (Lipinski definition) is 3. The fraction of sp³-hybridized carbons (Fsp3) is 0.294. The lowest BCUT2D eigenvalue weighted by Gasteiger charge is -2.28. The molecular weight excluding hydrogens is 264 g/mol. The Kier molecular flexibility index (Phi) is 4.41. The number of benzene rings is 2. The Labute approximate surface area is 125 Å². The highest BCUT2D eigenvalue weighted by atomic mass is 32.2. The Balaban J connectivity index is 1.65. The Morgan fingerprint density at radius 3 is 2.10 bits per heavy atom. The Morgan fingerprint density at radius 1 is 0.850 bits per heavy atom. The lowest BCUT2D eigenvalue weighted by molar-refractivity contribution is 0.346. The van der Waals surface area contributed by atoms with Crippen LogP contribution in [0.4, 0.5) is 0 Å². The summed E-state index contributed by atoms with van der Waals surface area (Å²) in [4.78, 5) is 1.31. The van der Waals surface area contributed by atoms with Crippen LogP contribution in [0.15, 0.2) is 59.5 Å². The third-order valence-corrected chi connectivity index (χ3v) is 4.80. The van der Waals surface area contributed by atoms with Crippen molar-refractivity contribution in [3.63, 3.8) is 0 Å². The summed E-state index contributed by atoms with van der Waals surface area (Å²) in [6.07, 6.45) is 2.21. The second kappa shape index (κ2) is 6.44. The van der Waals surface area contributed by atoms with E-state index in [4.69, 9.17) is 5.73 Å². The Hall–Kier alpha value is -1.29. The first-order valence-electron chi connectivity index (χ1n) is 7.15. The van der Waals surface area contributed by atoms with E-state index in [0.29, 0.717) is 6.04 Å². The highest BCUT2D eigenvalue weighted by Gasteiger charge is 2.16. The SMILES string of the molecule is NC1CCN(Sc2ccc(-c3ccccc3)cc2)CC1. The van der Waals surface area contributed by atoms with E-state index in [1.807, 2.05) is 11.9 Å². The standard InChI is InChI=1S/C17H20N2S/c18-16-10-12-19(13-11-16)20-17-8-6-15(7-9-17)14-4-2-1-3-5-14/h1-9,16H,10-13,18H2. The number of nitrogens with zero attached hydrogens (tertiary/aromatic N) is 1. The third kappa shape index (κ3) is 3.42. The van der Waals surface area contributed by atoms with Crippen LogP contribution in [-0.2, 0) is 0 Å². The summed E-state index contributed by atoms with van der Waals surface area (Å²) >= 11 is 1.85. The maximum absolute atomic E-state index is 5.94. The van der Waals surface area contributed by atoms with Crippen LogP contribution in [-0.4, -0.2) is 23.4 Å². The van der Waals surface area contributed by atoms with E-state index in [1.54, 1.807) is 0 Å². The molecule has 0 bridgehead atoms.